The maximum atomic E-state index is 12.7. The average molecular weight is 324 g/mol. The molecular formula is C15H20N2O4S. The Morgan fingerprint density at radius 3 is 2.55 bits per heavy atom. The van der Waals surface area contributed by atoms with Crippen molar-refractivity contribution in [1.82, 2.24) is 9.62 Å². The highest BCUT2D eigenvalue weighted by Gasteiger charge is 2.42. The van der Waals surface area contributed by atoms with Gasteiger partial charge in [-0.25, -0.2) is 8.42 Å². The molecule has 0 atom stereocenters. The van der Waals surface area contributed by atoms with Crippen molar-refractivity contribution in [2.45, 2.75) is 36.1 Å². The number of nitrogens with one attached hydrogen (secondary N) is 1. The quantitative estimate of drug-likeness (QED) is 0.904. The van der Waals surface area contributed by atoms with Crippen LogP contribution in [0.5, 0.6) is 5.75 Å². The van der Waals surface area contributed by atoms with Gasteiger partial charge in [0.1, 0.15) is 5.75 Å². The van der Waals surface area contributed by atoms with Crippen LogP contribution in [0.3, 0.4) is 0 Å². The van der Waals surface area contributed by atoms with Gasteiger partial charge >= 0.3 is 0 Å². The molecule has 2 aliphatic heterocycles. The molecule has 22 heavy (non-hydrogen) atoms. The van der Waals surface area contributed by atoms with Crippen LogP contribution < -0.4 is 10.1 Å². The lowest BCUT2D eigenvalue weighted by Crippen LogP contribution is -2.52. The van der Waals surface area contributed by atoms with Crippen molar-refractivity contribution < 1.29 is 17.9 Å². The summed E-state index contributed by atoms with van der Waals surface area (Å²) >= 11 is 0. The van der Waals surface area contributed by atoms with Gasteiger partial charge in [0.15, 0.2) is 0 Å². The van der Waals surface area contributed by atoms with E-state index in [2.05, 4.69) is 5.32 Å². The number of hydrogen-bond donors (Lipinski definition) is 1. The summed E-state index contributed by atoms with van der Waals surface area (Å²) in [6.07, 6.45) is 2.69. The predicted octanol–water partition coefficient (Wildman–Crippen LogP) is 1.13. The number of hydrogen-bond acceptors (Lipinski definition) is 4. The zero-order chi connectivity index (χ0) is 15.8. The van der Waals surface area contributed by atoms with Gasteiger partial charge in [0.2, 0.25) is 15.9 Å². The average Bonchev–Trinajstić information content (AvgIpc) is 2.88. The largest absolute Gasteiger partial charge is 0.497 e. The number of carbonyl (C=O) groups is 1. The van der Waals surface area contributed by atoms with Crippen LogP contribution in [0.4, 0.5) is 0 Å². The first-order valence-electron chi connectivity index (χ1n) is 7.40. The fourth-order valence-corrected chi connectivity index (χ4v) is 4.69. The van der Waals surface area contributed by atoms with Crippen molar-refractivity contribution in [3.8, 4) is 5.75 Å². The van der Waals surface area contributed by atoms with E-state index in [9.17, 15) is 13.2 Å². The molecule has 7 heteroatoms. The van der Waals surface area contributed by atoms with E-state index in [0.717, 1.165) is 6.42 Å². The van der Waals surface area contributed by atoms with E-state index in [0.29, 0.717) is 38.1 Å². The molecule has 1 spiro atoms. The Bertz CT molecular complexity index is 679. The number of ether oxygens (including phenoxy) is 1. The topological polar surface area (TPSA) is 75.7 Å². The summed E-state index contributed by atoms with van der Waals surface area (Å²) in [6, 6.07) is 6.52. The van der Waals surface area contributed by atoms with Crippen molar-refractivity contribution in [2.24, 2.45) is 0 Å². The predicted molar refractivity (Wildman–Crippen MR) is 81.1 cm³/mol. The Balaban J connectivity index is 1.76. The molecule has 0 radical (unpaired) electrons. The first-order chi connectivity index (χ1) is 10.5. The van der Waals surface area contributed by atoms with Gasteiger partial charge < -0.3 is 10.1 Å². The smallest absolute Gasteiger partial charge is 0.243 e. The van der Waals surface area contributed by atoms with Gasteiger partial charge in [-0.2, -0.15) is 4.31 Å². The summed E-state index contributed by atoms with van der Waals surface area (Å²) in [4.78, 5) is 11.7. The van der Waals surface area contributed by atoms with Crippen LogP contribution in [0.15, 0.2) is 29.2 Å². The standard InChI is InChI=1S/C15H20N2O4S/c1-21-12-3-2-4-13(11-12)22(19,20)17-9-7-15(8-10-17)6-5-14(18)16-15/h2-4,11H,5-10H2,1H3,(H,16,18). The minimum absolute atomic E-state index is 0.0732. The van der Waals surface area contributed by atoms with Crippen LogP contribution in [0.2, 0.25) is 0 Å². The van der Waals surface area contributed by atoms with E-state index >= 15 is 0 Å². The van der Waals surface area contributed by atoms with Crippen LogP contribution in [-0.2, 0) is 14.8 Å². The zero-order valence-corrected chi connectivity index (χ0v) is 13.4. The third-order valence-corrected chi connectivity index (χ3v) is 6.49. The second kappa shape index (κ2) is 5.55. The van der Waals surface area contributed by atoms with E-state index in [4.69, 9.17) is 4.74 Å². The van der Waals surface area contributed by atoms with Crippen LogP contribution in [0.1, 0.15) is 25.7 Å². The minimum atomic E-state index is -3.51. The molecule has 1 aromatic carbocycles. The Labute approximate surface area is 130 Å². The van der Waals surface area contributed by atoms with Gasteiger partial charge in [0, 0.05) is 31.1 Å². The molecule has 3 rings (SSSR count). The van der Waals surface area contributed by atoms with E-state index in [1.54, 1.807) is 18.2 Å². The summed E-state index contributed by atoms with van der Waals surface area (Å²) in [5, 5.41) is 3.02. The normalized spacial score (nSPS) is 21.8. The number of methoxy groups -OCH3 is 1. The fraction of sp³-hybridized carbons (Fsp3) is 0.533. The lowest BCUT2D eigenvalue weighted by atomic mass is 9.87. The molecule has 0 saturated carbocycles. The van der Waals surface area contributed by atoms with E-state index in [1.165, 1.54) is 17.5 Å². The van der Waals surface area contributed by atoms with E-state index < -0.39 is 10.0 Å². The molecule has 0 unspecified atom stereocenters. The maximum absolute atomic E-state index is 12.7. The molecule has 2 heterocycles. The van der Waals surface area contributed by atoms with Gasteiger partial charge in [-0.3, -0.25) is 4.79 Å². The first kappa shape index (κ1) is 15.3. The van der Waals surface area contributed by atoms with Crippen molar-refractivity contribution >= 4 is 15.9 Å². The summed E-state index contributed by atoms with van der Waals surface area (Å²) in [5.41, 5.74) is -0.197. The third-order valence-electron chi connectivity index (χ3n) is 4.59. The Morgan fingerprint density at radius 1 is 1.23 bits per heavy atom. The monoisotopic (exact) mass is 324 g/mol. The highest BCUT2D eigenvalue weighted by Crippen LogP contribution is 2.33. The van der Waals surface area contributed by atoms with Gasteiger partial charge in [-0.05, 0) is 31.4 Å². The Morgan fingerprint density at radius 2 is 1.95 bits per heavy atom. The molecule has 1 N–H and O–H groups in total. The number of carbonyl (C=O) groups excluding carboxylic acids is 1. The maximum Gasteiger partial charge on any atom is 0.243 e. The lowest BCUT2D eigenvalue weighted by molar-refractivity contribution is -0.120. The molecule has 1 amide bonds. The number of nitrogens with zero attached hydrogens (tertiary/aromatic N) is 1. The third kappa shape index (κ3) is 2.70. The molecule has 2 aliphatic rings. The molecule has 120 valence electrons. The Hall–Kier alpha value is -1.60. The molecule has 0 bridgehead atoms. The Kier molecular flexibility index (Phi) is 3.86. The molecule has 0 aliphatic carbocycles. The first-order valence-corrected chi connectivity index (χ1v) is 8.84. The van der Waals surface area contributed by atoms with Gasteiger partial charge in [0.25, 0.3) is 0 Å². The number of amides is 1. The van der Waals surface area contributed by atoms with Gasteiger partial charge in [0.05, 0.1) is 12.0 Å². The summed E-state index contributed by atoms with van der Waals surface area (Å²) in [5.74, 6) is 0.599. The fourth-order valence-electron chi connectivity index (χ4n) is 3.21. The van der Waals surface area contributed by atoms with Crippen LogP contribution in [-0.4, -0.2) is 44.4 Å². The number of rotatable bonds is 3. The van der Waals surface area contributed by atoms with Crippen LogP contribution in [0.25, 0.3) is 0 Å². The SMILES string of the molecule is COc1cccc(S(=O)(=O)N2CCC3(CCC(=O)N3)CC2)c1. The molecule has 2 fully saturated rings. The molecule has 6 nitrogen and oxygen atoms in total. The molecule has 2 saturated heterocycles. The van der Waals surface area contributed by atoms with Crippen LogP contribution in [0, 0.1) is 0 Å². The van der Waals surface area contributed by atoms with E-state index in [-0.39, 0.29) is 16.3 Å². The second-order valence-corrected chi connectivity index (χ2v) is 7.85. The van der Waals surface area contributed by atoms with Gasteiger partial charge in [-0.1, -0.05) is 6.07 Å². The molecule has 0 aromatic heterocycles. The van der Waals surface area contributed by atoms with Crippen molar-refractivity contribution in [2.75, 3.05) is 20.2 Å². The minimum Gasteiger partial charge on any atom is -0.497 e. The van der Waals surface area contributed by atoms with Gasteiger partial charge in [-0.15, -0.1) is 0 Å². The molecule has 1 aromatic rings. The summed E-state index contributed by atoms with van der Waals surface area (Å²) in [7, 11) is -2.00. The van der Waals surface area contributed by atoms with Crippen LogP contribution >= 0.6 is 0 Å². The van der Waals surface area contributed by atoms with Crippen molar-refractivity contribution in [1.29, 1.82) is 0 Å². The van der Waals surface area contributed by atoms with E-state index in [1.807, 2.05) is 0 Å². The summed E-state index contributed by atoms with van der Waals surface area (Å²) in [6.45, 7) is 0.861. The van der Waals surface area contributed by atoms with Crippen molar-refractivity contribution in [3.63, 3.8) is 0 Å². The zero-order valence-electron chi connectivity index (χ0n) is 12.5. The number of piperidine rings is 1. The van der Waals surface area contributed by atoms with Crippen molar-refractivity contribution in [3.05, 3.63) is 24.3 Å². The molecular weight excluding hydrogens is 304 g/mol. The second-order valence-electron chi connectivity index (χ2n) is 5.91. The highest BCUT2D eigenvalue weighted by atomic mass is 32.2. The summed E-state index contributed by atoms with van der Waals surface area (Å²) < 4.78 is 32.0. The highest BCUT2D eigenvalue weighted by molar-refractivity contribution is 7.89. The number of sulfonamides is 1. The number of benzene rings is 1. The lowest BCUT2D eigenvalue weighted by Gasteiger charge is -2.38.